The van der Waals surface area contributed by atoms with E-state index in [9.17, 15) is 15.0 Å². The van der Waals surface area contributed by atoms with Gasteiger partial charge in [-0.2, -0.15) is 0 Å². The summed E-state index contributed by atoms with van der Waals surface area (Å²) in [6.45, 7) is 4.36. The number of benzene rings is 1. The van der Waals surface area contributed by atoms with Crippen LogP contribution >= 0.6 is 0 Å². The number of carbonyl (C=O) groups excluding carboxylic acids is 1. The molecule has 5 heteroatoms. The third kappa shape index (κ3) is 3.96. The summed E-state index contributed by atoms with van der Waals surface area (Å²) in [4.78, 5) is 10.6. The average Bonchev–Trinajstić information content (AvgIpc) is 2.24. The number of amides is 1. The molecule has 0 radical (unpaired) electrons. The molecule has 94 valence electrons. The van der Waals surface area contributed by atoms with E-state index in [2.05, 4.69) is 10.6 Å². The Morgan fingerprint density at radius 2 is 1.88 bits per heavy atom. The second-order valence-corrected chi connectivity index (χ2v) is 3.87. The fourth-order valence-corrected chi connectivity index (χ4v) is 1.61. The van der Waals surface area contributed by atoms with E-state index in [0.29, 0.717) is 18.7 Å². The molecule has 1 aromatic rings. The standard InChI is InChI=1S/C12H18N2O3/c1-8(13-6-7-14-9(2)15)12-10(16)4-3-5-11(12)17/h3-5,8,13,16-17H,6-7H2,1-2H3,(H,14,15). The van der Waals surface area contributed by atoms with E-state index in [1.807, 2.05) is 6.92 Å². The number of hydrogen-bond donors (Lipinski definition) is 4. The fraction of sp³-hybridized carbons (Fsp3) is 0.417. The van der Waals surface area contributed by atoms with Crippen molar-refractivity contribution in [3.8, 4) is 11.5 Å². The van der Waals surface area contributed by atoms with Crippen LogP contribution in [0.25, 0.3) is 0 Å². The zero-order valence-corrected chi connectivity index (χ0v) is 10.0. The van der Waals surface area contributed by atoms with Gasteiger partial charge in [-0.15, -0.1) is 0 Å². The highest BCUT2D eigenvalue weighted by atomic mass is 16.3. The van der Waals surface area contributed by atoms with E-state index >= 15 is 0 Å². The number of rotatable bonds is 5. The van der Waals surface area contributed by atoms with Crippen molar-refractivity contribution in [1.82, 2.24) is 10.6 Å². The van der Waals surface area contributed by atoms with E-state index in [1.165, 1.54) is 19.1 Å². The maximum absolute atomic E-state index is 10.6. The number of nitrogens with one attached hydrogen (secondary N) is 2. The van der Waals surface area contributed by atoms with Crippen molar-refractivity contribution in [3.63, 3.8) is 0 Å². The lowest BCUT2D eigenvalue weighted by atomic mass is 10.1. The van der Waals surface area contributed by atoms with Crippen molar-refractivity contribution in [3.05, 3.63) is 23.8 Å². The van der Waals surface area contributed by atoms with Crippen LogP contribution in [0, 0.1) is 0 Å². The Morgan fingerprint density at radius 1 is 1.29 bits per heavy atom. The molecule has 0 saturated heterocycles. The lowest BCUT2D eigenvalue weighted by Gasteiger charge is -2.16. The minimum atomic E-state index is -0.190. The molecule has 0 heterocycles. The van der Waals surface area contributed by atoms with Gasteiger partial charge in [-0.1, -0.05) is 6.07 Å². The number of phenols is 2. The van der Waals surface area contributed by atoms with Crippen molar-refractivity contribution < 1.29 is 15.0 Å². The summed E-state index contributed by atoms with van der Waals surface area (Å²) in [6, 6.07) is 4.45. The Hall–Kier alpha value is -1.75. The SMILES string of the molecule is CC(=O)NCCNC(C)c1c(O)cccc1O. The molecule has 0 saturated carbocycles. The second-order valence-electron chi connectivity index (χ2n) is 3.87. The minimum Gasteiger partial charge on any atom is -0.507 e. The van der Waals surface area contributed by atoms with Gasteiger partial charge in [0.05, 0.1) is 5.56 Å². The van der Waals surface area contributed by atoms with Gasteiger partial charge in [0.25, 0.3) is 0 Å². The molecule has 1 aromatic carbocycles. The summed E-state index contributed by atoms with van der Waals surface area (Å²) in [5.41, 5.74) is 0.468. The first-order valence-corrected chi connectivity index (χ1v) is 5.51. The summed E-state index contributed by atoms with van der Waals surface area (Å²) in [6.07, 6.45) is 0. The molecule has 0 bridgehead atoms. The van der Waals surface area contributed by atoms with Crippen LogP contribution in [-0.4, -0.2) is 29.2 Å². The molecule has 0 aliphatic rings. The largest absolute Gasteiger partial charge is 0.507 e. The highest BCUT2D eigenvalue weighted by molar-refractivity contribution is 5.72. The van der Waals surface area contributed by atoms with Gasteiger partial charge < -0.3 is 20.8 Å². The molecule has 0 aliphatic heterocycles. The normalized spacial score (nSPS) is 12.1. The second kappa shape index (κ2) is 6.10. The topological polar surface area (TPSA) is 81.6 Å². The van der Waals surface area contributed by atoms with Crippen LogP contribution in [-0.2, 0) is 4.79 Å². The molecular weight excluding hydrogens is 220 g/mol. The van der Waals surface area contributed by atoms with Crippen LogP contribution in [0.1, 0.15) is 25.5 Å². The Bertz CT molecular complexity index is 373. The first kappa shape index (κ1) is 13.3. The minimum absolute atomic E-state index is 0.0597. The highest BCUT2D eigenvalue weighted by Gasteiger charge is 2.13. The van der Waals surface area contributed by atoms with Gasteiger partial charge in [-0.25, -0.2) is 0 Å². The van der Waals surface area contributed by atoms with E-state index < -0.39 is 0 Å². The lowest BCUT2D eigenvalue weighted by Crippen LogP contribution is -2.31. The van der Waals surface area contributed by atoms with Gasteiger partial charge in [0, 0.05) is 26.1 Å². The van der Waals surface area contributed by atoms with E-state index in [0.717, 1.165) is 0 Å². The van der Waals surface area contributed by atoms with Crippen molar-refractivity contribution in [2.45, 2.75) is 19.9 Å². The van der Waals surface area contributed by atoms with Crippen LogP contribution in [0.4, 0.5) is 0 Å². The summed E-state index contributed by atoms with van der Waals surface area (Å²) in [7, 11) is 0. The Morgan fingerprint density at radius 3 is 2.41 bits per heavy atom. The van der Waals surface area contributed by atoms with Crippen molar-refractivity contribution in [2.75, 3.05) is 13.1 Å². The van der Waals surface area contributed by atoms with Crippen molar-refractivity contribution in [1.29, 1.82) is 0 Å². The highest BCUT2D eigenvalue weighted by Crippen LogP contribution is 2.31. The van der Waals surface area contributed by atoms with Crippen LogP contribution in [0.3, 0.4) is 0 Å². The smallest absolute Gasteiger partial charge is 0.216 e. The Kier molecular flexibility index (Phi) is 4.78. The number of carbonyl (C=O) groups is 1. The number of hydrogen-bond acceptors (Lipinski definition) is 4. The quantitative estimate of drug-likeness (QED) is 0.574. The summed E-state index contributed by atoms with van der Waals surface area (Å²) < 4.78 is 0. The maximum atomic E-state index is 10.6. The van der Waals surface area contributed by atoms with E-state index in [1.54, 1.807) is 6.07 Å². The van der Waals surface area contributed by atoms with Gasteiger partial charge in [-0.3, -0.25) is 4.79 Å². The van der Waals surface area contributed by atoms with Crippen LogP contribution in [0.5, 0.6) is 11.5 Å². The van der Waals surface area contributed by atoms with Crippen LogP contribution in [0.15, 0.2) is 18.2 Å². The summed E-state index contributed by atoms with van der Waals surface area (Å²) >= 11 is 0. The molecule has 4 N–H and O–H groups in total. The third-order valence-electron chi connectivity index (χ3n) is 2.44. The molecule has 1 amide bonds. The first-order chi connectivity index (χ1) is 8.02. The monoisotopic (exact) mass is 238 g/mol. The van der Waals surface area contributed by atoms with Crippen molar-refractivity contribution >= 4 is 5.91 Å². The molecule has 5 nitrogen and oxygen atoms in total. The number of aromatic hydroxyl groups is 2. The molecule has 0 spiro atoms. The predicted molar refractivity (Wildman–Crippen MR) is 64.9 cm³/mol. The zero-order valence-electron chi connectivity index (χ0n) is 10.0. The Balaban J connectivity index is 2.52. The maximum Gasteiger partial charge on any atom is 0.216 e. The van der Waals surface area contributed by atoms with Crippen molar-refractivity contribution in [2.24, 2.45) is 0 Å². The van der Waals surface area contributed by atoms with Crippen LogP contribution in [0.2, 0.25) is 0 Å². The summed E-state index contributed by atoms with van der Waals surface area (Å²) in [5.74, 6) is 0.0407. The molecule has 0 fully saturated rings. The molecular formula is C12H18N2O3. The van der Waals surface area contributed by atoms with Gasteiger partial charge >= 0.3 is 0 Å². The molecule has 1 unspecified atom stereocenters. The van der Waals surface area contributed by atoms with E-state index in [-0.39, 0.29) is 23.4 Å². The third-order valence-corrected chi connectivity index (χ3v) is 2.44. The van der Waals surface area contributed by atoms with Gasteiger partial charge in [0.2, 0.25) is 5.91 Å². The average molecular weight is 238 g/mol. The molecule has 0 aliphatic carbocycles. The first-order valence-electron chi connectivity index (χ1n) is 5.51. The Labute approximate surface area is 100 Å². The predicted octanol–water partition coefficient (Wildman–Crippen LogP) is 0.884. The summed E-state index contributed by atoms with van der Waals surface area (Å²) in [5, 5.41) is 25.0. The van der Waals surface area contributed by atoms with Gasteiger partial charge in [0.15, 0.2) is 0 Å². The molecule has 17 heavy (non-hydrogen) atoms. The van der Waals surface area contributed by atoms with E-state index in [4.69, 9.17) is 0 Å². The number of phenolic OH excluding ortho intramolecular Hbond substituents is 2. The van der Waals surface area contributed by atoms with Crippen LogP contribution < -0.4 is 10.6 Å². The molecule has 0 aromatic heterocycles. The zero-order chi connectivity index (χ0) is 12.8. The van der Waals surface area contributed by atoms with Gasteiger partial charge in [0.1, 0.15) is 11.5 Å². The fourth-order valence-electron chi connectivity index (χ4n) is 1.61. The van der Waals surface area contributed by atoms with Gasteiger partial charge in [-0.05, 0) is 19.1 Å². The molecule has 1 atom stereocenters. The lowest BCUT2D eigenvalue weighted by molar-refractivity contribution is -0.118. The molecule has 1 rings (SSSR count).